The molecule has 2 amide bonds. The molecule has 0 radical (unpaired) electrons. The van der Waals surface area contributed by atoms with Crippen LogP contribution < -0.4 is 9.64 Å². The van der Waals surface area contributed by atoms with Crippen molar-refractivity contribution < 1.29 is 14.3 Å². The highest BCUT2D eigenvalue weighted by Crippen LogP contribution is 2.28. The number of hydrogen-bond donors (Lipinski definition) is 0. The molecule has 1 heterocycles. The van der Waals surface area contributed by atoms with Crippen LogP contribution in [0.1, 0.15) is 13.3 Å². The van der Waals surface area contributed by atoms with E-state index in [2.05, 4.69) is 0 Å². The van der Waals surface area contributed by atoms with Crippen LogP contribution in [-0.2, 0) is 9.59 Å². The van der Waals surface area contributed by atoms with Gasteiger partial charge < -0.3 is 14.5 Å². The van der Waals surface area contributed by atoms with Crippen molar-refractivity contribution in [1.82, 2.24) is 4.90 Å². The van der Waals surface area contributed by atoms with Gasteiger partial charge in [0.2, 0.25) is 11.8 Å². The third-order valence-corrected chi connectivity index (χ3v) is 3.48. The first-order valence-electron chi connectivity index (χ1n) is 6.99. The molecule has 1 fully saturated rings. The summed E-state index contributed by atoms with van der Waals surface area (Å²) in [6.45, 7) is 3.02. The lowest BCUT2D eigenvalue weighted by molar-refractivity contribution is -0.136. The SMILES string of the molecule is C/C=C/CC(=O)N1CCN(c2ccccc2OC)C(=O)C1. The molecular weight excluding hydrogens is 268 g/mol. The van der Waals surface area contributed by atoms with E-state index in [1.807, 2.05) is 37.3 Å². The Morgan fingerprint density at radius 2 is 2.10 bits per heavy atom. The van der Waals surface area contributed by atoms with E-state index in [9.17, 15) is 9.59 Å². The van der Waals surface area contributed by atoms with Crippen molar-refractivity contribution in [3.8, 4) is 5.75 Å². The van der Waals surface area contributed by atoms with Gasteiger partial charge in [-0.25, -0.2) is 0 Å². The lowest BCUT2D eigenvalue weighted by Crippen LogP contribution is -2.52. The van der Waals surface area contributed by atoms with Crippen LogP contribution in [0.15, 0.2) is 36.4 Å². The highest BCUT2D eigenvalue weighted by Gasteiger charge is 2.28. The fourth-order valence-electron chi connectivity index (χ4n) is 2.34. The third kappa shape index (κ3) is 3.42. The summed E-state index contributed by atoms with van der Waals surface area (Å²) in [7, 11) is 1.58. The van der Waals surface area contributed by atoms with Crippen LogP contribution in [0.3, 0.4) is 0 Å². The van der Waals surface area contributed by atoms with Crippen LogP contribution in [0.4, 0.5) is 5.69 Å². The minimum atomic E-state index is -0.0837. The Bertz CT molecular complexity index is 554. The number of amides is 2. The maximum atomic E-state index is 12.3. The van der Waals surface area contributed by atoms with E-state index >= 15 is 0 Å². The maximum Gasteiger partial charge on any atom is 0.246 e. The smallest absolute Gasteiger partial charge is 0.246 e. The lowest BCUT2D eigenvalue weighted by Gasteiger charge is -2.34. The molecule has 0 unspecified atom stereocenters. The molecule has 21 heavy (non-hydrogen) atoms. The Morgan fingerprint density at radius 3 is 2.76 bits per heavy atom. The molecule has 0 bridgehead atoms. The van der Waals surface area contributed by atoms with Crippen LogP contribution >= 0.6 is 0 Å². The maximum absolute atomic E-state index is 12.3. The number of benzene rings is 1. The summed E-state index contributed by atoms with van der Waals surface area (Å²) in [5, 5.41) is 0. The summed E-state index contributed by atoms with van der Waals surface area (Å²) < 4.78 is 5.29. The quantitative estimate of drug-likeness (QED) is 0.794. The van der Waals surface area contributed by atoms with Gasteiger partial charge in [-0.1, -0.05) is 24.3 Å². The second-order valence-electron chi connectivity index (χ2n) is 4.81. The van der Waals surface area contributed by atoms with Gasteiger partial charge in [-0.15, -0.1) is 0 Å². The number of carbonyl (C=O) groups is 2. The van der Waals surface area contributed by atoms with Crippen molar-refractivity contribution in [2.75, 3.05) is 31.6 Å². The topological polar surface area (TPSA) is 49.9 Å². The number of hydrogen-bond acceptors (Lipinski definition) is 3. The second kappa shape index (κ2) is 6.92. The van der Waals surface area contributed by atoms with E-state index < -0.39 is 0 Å². The van der Waals surface area contributed by atoms with Crippen molar-refractivity contribution in [1.29, 1.82) is 0 Å². The van der Waals surface area contributed by atoms with Gasteiger partial charge >= 0.3 is 0 Å². The van der Waals surface area contributed by atoms with Gasteiger partial charge in [0.25, 0.3) is 0 Å². The van der Waals surface area contributed by atoms with Gasteiger partial charge in [0.1, 0.15) is 12.3 Å². The Kier molecular flexibility index (Phi) is 4.98. The Hall–Kier alpha value is -2.30. The highest BCUT2D eigenvalue weighted by atomic mass is 16.5. The molecule has 0 aliphatic carbocycles. The molecule has 5 heteroatoms. The molecule has 0 spiro atoms. The Labute approximate surface area is 124 Å². The zero-order chi connectivity index (χ0) is 15.2. The minimum Gasteiger partial charge on any atom is -0.495 e. The van der Waals surface area contributed by atoms with E-state index in [0.717, 1.165) is 5.69 Å². The van der Waals surface area contributed by atoms with Gasteiger partial charge in [0.15, 0.2) is 0 Å². The predicted molar refractivity (Wildman–Crippen MR) is 81.4 cm³/mol. The number of para-hydroxylation sites is 2. The molecule has 1 aromatic rings. The van der Waals surface area contributed by atoms with Gasteiger partial charge in [0.05, 0.1) is 12.8 Å². The van der Waals surface area contributed by atoms with Crippen LogP contribution in [0.5, 0.6) is 5.75 Å². The average molecular weight is 288 g/mol. The predicted octanol–water partition coefficient (Wildman–Crippen LogP) is 1.84. The van der Waals surface area contributed by atoms with Crippen LogP contribution in [0.25, 0.3) is 0 Å². The second-order valence-corrected chi connectivity index (χ2v) is 4.81. The summed E-state index contributed by atoms with van der Waals surface area (Å²) in [5.41, 5.74) is 0.755. The van der Waals surface area contributed by atoms with Gasteiger partial charge in [-0.3, -0.25) is 9.59 Å². The number of ether oxygens (including phenoxy) is 1. The van der Waals surface area contributed by atoms with Crippen LogP contribution in [-0.4, -0.2) is 43.5 Å². The van der Waals surface area contributed by atoms with E-state index in [0.29, 0.717) is 25.3 Å². The van der Waals surface area contributed by atoms with Crippen molar-refractivity contribution >= 4 is 17.5 Å². The van der Waals surface area contributed by atoms with Crippen molar-refractivity contribution in [3.05, 3.63) is 36.4 Å². The monoisotopic (exact) mass is 288 g/mol. The Balaban J connectivity index is 2.08. The zero-order valence-electron chi connectivity index (χ0n) is 12.4. The van der Waals surface area contributed by atoms with Crippen molar-refractivity contribution in [3.63, 3.8) is 0 Å². The molecule has 2 rings (SSSR count). The Morgan fingerprint density at radius 1 is 1.33 bits per heavy atom. The first kappa shape index (κ1) is 15.1. The lowest BCUT2D eigenvalue weighted by atomic mass is 10.2. The van der Waals surface area contributed by atoms with Crippen molar-refractivity contribution in [2.45, 2.75) is 13.3 Å². The molecular formula is C16H20N2O3. The summed E-state index contributed by atoms with van der Waals surface area (Å²) in [4.78, 5) is 27.5. The largest absolute Gasteiger partial charge is 0.495 e. The number of nitrogens with zero attached hydrogens (tertiary/aromatic N) is 2. The number of carbonyl (C=O) groups excluding carboxylic acids is 2. The molecule has 0 aromatic heterocycles. The van der Waals surface area contributed by atoms with Crippen molar-refractivity contribution in [2.24, 2.45) is 0 Å². The number of rotatable bonds is 4. The molecule has 5 nitrogen and oxygen atoms in total. The minimum absolute atomic E-state index is 0.0128. The van der Waals surface area contributed by atoms with E-state index in [1.165, 1.54) is 0 Å². The summed E-state index contributed by atoms with van der Waals surface area (Å²) in [6.07, 6.45) is 3.99. The normalized spacial score (nSPS) is 15.6. The van der Waals surface area contributed by atoms with Crippen LogP contribution in [0, 0.1) is 0 Å². The summed E-state index contributed by atoms with van der Waals surface area (Å²) in [6, 6.07) is 7.42. The zero-order valence-corrected chi connectivity index (χ0v) is 12.4. The average Bonchev–Trinajstić information content (AvgIpc) is 2.52. The summed E-state index contributed by atoms with van der Waals surface area (Å²) in [5.74, 6) is 0.570. The van der Waals surface area contributed by atoms with E-state index in [1.54, 1.807) is 23.0 Å². The van der Waals surface area contributed by atoms with Crippen LogP contribution in [0.2, 0.25) is 0 Å². The fraction of sp³-hybridized carbons (Fsp3) is 0.375. The molecule has 0 atom stereocenters. The fourth-order valence-corrected chi connectivity index (χ4v) is 2.34. The number of methoxy groups -OCH3 is 1. The molecule has 1 aliphatic rings. The highest BCUT2D eigenvalue weighted by molar-refractivity contribution is 5.99. The molecule has 0 saturated carbocycles. The van der Waals surface area contributed by atoms with E-state index in [-0.39, 0.29) is 18.4 Å². The first-order valence-corrected chi connectivity index (χ1v) is 6.99. The first-order chi connectivity index (χ1) is 10.2. The molecule has 0 N–H and O–H groups in total. The van der Waals surface area contributed by atoms with Gasteiger partial charge in [-0.05, 0) is 19.1 Å². The molecule has 1 aromatic carbocycles. The molecule has 1 saturated heterocycles. The van der Waals surface area contributed by atoms with Gasteiger partial charge in [0, 0.05) is 19.5 Å². The van der Waals surface area contributed by atoms with Gasteiger partial charge in [-0.2, -0.15) is 0 Å². The summed E-state index contributed by atoms with van der Waals surface area (Å²) >= 11 is 0. The number of anilines is 1. The van der Waals surface area contributed by atoms with E-state index in [4.69, 9.17) is 4.74 Å². The molecule has 1 aliphatic heterocycles. The molecule has 112 valence electrons. The number of piperazine rings is 1. The third-order valence-electron chi connectivity index (χ3n) is 3.48. The number of allylic oxidation sites excluding steroid dienone is 1. The standard InChI is InChI=1S/C16H20N2O3/c1-3-4-9-15(19)17-10-11-18(16(20)12-17)13-7-5-6-8-14(13)21-2/h3-8H,9-12H2,1-2H3/b4-3+.